The Morgan fingerprint density at radius 1 is 1.40 bits per heavy atom. The molecule has 166 valence electrons. The van der Waals surface area contributed by atoms with Crippen molar-refractivity contribution in [3.8, 4) is 5.88 Å². The number of aliphatic carboxylic acids is 1. The van der Waals surface area contributed by atoms with Gasteiger partial charge in [-0.05, 0) is 18.5 Å². The van der Waals surface area contributed by atoms with Crippen molar-refractivity contribution >= 4 is 37.0 Å². The predicted molar refractivity (Wildman–Crippen MR) is 97.1 cm³/mol. The van der Waals surface area contributed by atoms with Gasteiger partial charge in [-0.15, -0.1) is 0 Å². The van der Waals surface area contributed by atoms with Crippen LogP contribution in [0.2, 0.25) is 5.28 Å². The fraction of sp³-hybridized carbons (Fsp3) is 0.571. The average molecular weight is 469 g/mol. The van der Waals surface area contributed by atoms with E-state index in [1.807, 2.05) is 0 Å². The minimum Gasteiger partial charge on any atom is -0.477 e. The molecule has 0 radical (unpaired) electrons. The number of aliphatic hydroxyl groups excluding tert-OH is 2. The van der Waals surface area contributed by atoms with Gasteiger partial charge in [0.2, 0.25) is 11.2 Å². The van der Waals surface area contributed by atoms with Crippen molar-refractivity contribution in [3.63, 3.8) is 0 Å². The van der Waals surface area contributed by atoms with Gasteiger partial charge in [0, 0.05) is 0 Å². The lowest BCUT2D eigenvalue weighted by atomic mass is 10.1. The molecule has 2 aromatic heterocycles. The van der Waals surface area contributed by atoms with Crippen molar-refractivity contribution in [1.82, 2.24) is 19.5 Å². The van der Waals surface area contributed by atoms with Crippen LogP contribution >= 0.6 is 19.9 Å². The minimum absolute atomic E-state index is 0.125. The van der Waals surface area contributed by atoms with E-state index in [1.165, 1.54) is 10.9 Å². The van der Waals surface area contributed by atoms with Gasteiger partial charge in [-0.25, -0.2) is 9.78 Å². The summed E-state index contributed by atoms with van der Waals surface area (Å²) in [5.74, 6) is -1.53. The number of halogens is 1. The first-order valence-corrected chi connectivity index (χ1v) is 10.2. The quantitative estimate of drug-likeness (QED) is 0.205. The van der Waals surface area contributed by atoms with Crippen molar-refractivity contribution in [3.05, 3.63) is 11.6 Å². The molecule has 3 rings (SSSR count). The number of rotatable bonds is 9. The summed E-state index contributed by atoms with van der Waals surface area (Å²) in [4.78, 5) is 31.9. The Hall–Kier alpha value is -1.90. The lowest BCUT2D eigenvalue weighted by Gasteiger charge is -2.18. The first-order chi connectivity index (χ1) is 14.2. The van der Waals surface area contributed by atoms with E-state index < -0.39 is 51.7 Å². The molecule has 4 N–H and O–H groups in total. The van der Waals surface area contributed by atoms with Crippen LogP contribution in [-0.2, 0) is 23.4 Å². The van der Waals surface area contributed by atoms with Crippen molar-refractivity contribution in [1.29, 1.82) is 0 Å². The van der Waals surface area contributed by atoms with Crippen LogP contribution in [0.15, 0.2) is 6.33 Å². The maximum atomic E-state index is 11.0. The molecule has 2 unspecified atom stereocenters. The van der Waals surface area contributed by atoms with Gasteiger partial charge in [0.25, 0.3) is 6.29 Å². The molecular weight excluding hydrogens is 451 g/mol. The van der Waals surface area contributed by atoms with Crippen LogP contribution in [0, 0.1) is 0 Å². The van der Waals surface area contributed by atoms with E-state index in [0.717, 1.165) is 0 Å². The van der Waals surface area contributed by atoms with E-state index in [9.17, 15) is 19.6 Å². The van der Waals surface area contributed by atoms with Gasteiger partial charge in [0.05, 0.1) is 19.5 Å². The molecule has 16 heteroatoms. The van der Waals surface area contributed by atoms with Crippen molar-refractivity contribution in [2.45, 2.75) is 37.8 Å². The van der Waals surface area contributed by atoms with Gasteiger partial charge in [-0.1, -0.05) is 0 Å². The van der Waals surface area contributed by atoms with Gasteiger partial charge >= 0.3 is 14.2 Å². The number of hydrogen-bond donors (Lipinski definition) is 4. The minimum atomic E-state index is -3.59. The Morgan fingerprint density at radius 2 is 2.13 bits per heavy atom. The molecule has 1 aliphatic rings. The highest BCUT2D eigenvalue weighted by molar-refractivity contribution is 7.32. The lowest BCUT2D eigenvalue weighted by Crippen LogP contribution is -2.36. The highest BCUT2D eigenvalue weighted by Gasteiger charge is 2.45. The van der Waals surface area contributed by atoms with Gasteiger partial charge in [0.1, 0.15) is 18.3 Å². The largest absolute Gasteiger partial charge is 0.477 e. The summed E-state index contributed by atoms with van der Waals surface area (Å²) in [7, 11) is -3.59. The highest BCUT2D eigenvalue weighted by Crippen LogP contribution is 2.33. The zero-order valence-electron chi connectivity index (χ0n) is 15.3. The van der Waals surface area contributed by atoms with Crippen LogP contribution in [0.5, 0.6) is 5.88 Å². The summed E-state index contributed by atoms with van der Waals surface area (Å²) in [6.45, 7) is 1.47. The number of carbonyl (C=O) groups is 1. The number of aromatic nitrogens is 4. The van der Waals surface area contributed by atoms with E-state index >= 15 is 0 Å². The van der Waals surface area contributed by atoms with E-state index in [0.29, 0.717) is 6.61 Å². The molecule has 0 spiro atoms. The summed E-state index contributed by atoms with van der Waals surface area (Å²) in [6.07, 6.45) is -6.11. The average Bonchev–Trinajstić information content (AvgIpc) is 3.20. The summed E-state index contributed by atoms with van der Waals surface area (Å²) < 4.78 is 32.1. The lowest BCUT2D eigenvalue weighted by molar-refractivity contribution is -0.179. The SMILES string of the molecule is CCOc1nc(Cl)nc2c1ncn2[C@@H]1O[C@H](COC(O[PH](=O)O)C(=O)O)[C@@H](O)[C@H]1O. The zero-order valence-corrected chi connectivity index (χ0v) is 17.0. The van der Waals surface area contributed by atoms with Crippen molar-refractivity contribution in [2.24, 2.45) is 0 Å². The summed E-state index contributed by atoms with van der Waals surface area (Å²) >= 11 is 5.92. The first kappa shape index (κ1) is 22.8. The maximum absolute atomic E-state index is 11.0. The third kappa shape index (κ3) is 4.71. The molecule has 0 aromatic carbocycles. The van der Waals surface area contributed by atoms with Crippen molar-refractivity contribution in [2.75, 3.05) is 13.2 Å². The molecule has 0 aliphatic carbocycles. The van der Waals surface area contributed by atoms with Gasteiger partial charge < -0.3 is 34.4 Å². The second kappa shape index (κ2) is 9.49. The monoisotopic (exact) mass is 468 g/mol. The van der Waals surface area contributed by atoms with Gasteiger partial charge in [0.15, 0.2) is 17.4 Å². The number of aliphatic hydroxyl groups is 2. The number of carboxylic acid groups (broad SMARTS) is 1. The number of ether oxygens (including phenoxy) is 3. The van der Waals surface area contributed by atoms with Gasteiger partial charge in [-0.3, -0.25) is 13.7 Å². The van der Waals surface area contributed by atoms with Crippen LogP contribution in [0.3, 0.4) is 0 Å². The topological polar surface area (TPSA) is 196 Å². The fourth-order valence-electron chi connectivity index (χ4n) is 2.82. The van der Waals surface area contributed by atoms with Crippen LogP contribution in [0.1, 0.15) is 13.2 Å². The second-order valence-corrected chi connectivity index (χ2v) is 7.09. The molecule has 2 aromatic rings. The molecule has 6 atom stereocenters. The molecule has 1 saturated heterocycles. The molecular formula is C14H18ClN4O10P. The first-order valence-electron chi connectivity index (χ1n) is 8.51. The van der Waals surface area contributed by atoms with E-state index in [-0.39, 0.29) is 22.3 Å². The van der Waals surface area contributed by atoms with Crippen molar-refractivity contribution < 1.29 is 48.3 Å². The van der Waals surface area contributed by atoms with E-state index in [2.05, 4.69) is 19.5 Å². The Kier molecular flexibility index (Phi) is 7.21. The Labute approximate surface area is 173 Å². The molecule has 1 fully saturated rings. The molecule has 0 bridgehead atoms. The summed E-state index contributed by atoms with van der Waals surface area (Å²) in [6, 6.07) is 0. The second-order valence-electron chi connectivity index (χ2n) is 5.99. The molecule has 0 amide bonds. The Bertz CT molecular complexity index is 945. The number of fused-ring (bicyclic) bond motifs is 1. The van der Waals surface area contributed by atoms with Gasteiger partial charge in [-0.2, -0.15) is 9.97 Å². The molecule has 1 aliphatic heterocycles. The van der Waals surface area contributed by atoms with Crippen LogP contribution in [0.25, 0.3) is 11.2 Å². The zero-order chi connectivity index (χ0) is 22.0. The number of carboxylic acids is 1. The summed E-state index contributed by atoms with van der Waals surface area (Å²) in [5.41, 5.74) is 0.417. The predicted octanol–water partition coefficient (Wildman–Crippen LogP) is -0.677. The normalized spacial score (nSPS) is 26.0. The Balaban J connectivity index is 1.80. The fourth-order valence-corrected chi connectivity index (χ4v) is 3.32. The number of imidazole rings is 1. The highest BCUT2D eigenvalue weighted by atomic mass is 35.5. The van der Waals surface area contributed by atoms with Crippen LogP contribution in [0.4, 0.5) is 0 Å². The molecule has 0 saturated carbocycles. The maximum Gasteiger partial charge on any atom is 0.361 e. The van der Waals surface area contributed by atoms with E-state index in [4.69, 9.17) is 35.8 Å². The van der Waals surface area contributed by atoms with Crippen LogP contribution in [-0.4, -0.2) is 83.5 Å². The third-order valence-corrected chi connectivity index (χ3v) is 4.66. The third-order valence-electron chi connectivity index (χ3n) is 4.08. The smallest absolute Gasteiger partial charge is 0.361 e. The standard InChI is InChI=1S/C14H18ClN4O10P/c1-2-26-10-6-9(17-14(15)18-10)19(4-16-6)11-8(21)7(20)5(28-11)3-27-13(12(22)23)29-30(24)25/h4-5,7-8,11,13,20-21,30H,2-3H2,1H3,(H,22,23)(H,24,25)/t5-,7-,8-,11-,13?/m1/s1. The molecule has 30 heavy (non-hydrogen) atoms. The van der Waals surface area contributed by atoms with Crippen LogP contribution < -0.4 is 4.74 Å². The number of hydrogen-bond acceptors (Lipinski definition) is 11. The number of nitrogens with zero attached hydrogens (tertiary/aromatic N) is 4. The summed E-state index contributed by atoms with van der Waals surface area (Å²) in [5, 5.41) is 29.5. The molecule has 14 nitrogen and oxygen atoms in total. The van der Waals surface area contributed by atoms with E-state index in [1.54, 1.807) is 6.92 Å². The molecule has 3 heterocycles. The Morgan fingerprint density at radius 3 is 2.77 bits per heavy atom.